The number of hydrogen-bond donors (Lipinski definition) is 1. The van der Waals surface area contributed by atoms with Crippen LogP contribution in [-0.2, 0) is 9.57 Å². The Labute approximate surface area is 167 Å². The van der Waals surface area contributed by atoms with E-state index in [-0.39, 0.29) is 5.60 Å². The second kappa shape index (κ2) is 7.96. The zero-order valence-corrected chi connectivity index (χ0v) is 16.6. The molecule has 1 atom stereocenters. The zero-order chi connectivity index (χ0) is 18.8. The standard InChI is InChI=1S/C23H31NO4/c1-2-4-17(5-3-1)14-26-21-9-8-19(12-22(21)27-15-18-6-7-18)20-13-23(28-24-20)10-11-25-16-23/h8-9,12-13,17-18,24H,1-7,10-11,14-16H2. The number of hydroxylamine groups is 1. The second-order valence-electron chi connectivity index (χ2n) is 8.86. The Kier molecular flexibility index (Phi) is 5.20. The largest absolute Gasteiger partial charge is 0.489 e. The van der Waals surface area contributed by atoms with Crippen LogP contribution in [0.2, 0.25) is 0 Å². The van der Waals surface area contributed by atoms with Gasteiger partial charge < -0.3 is 14.2 Å². The Morgan fingerprint density at radius 2 is 1.75 bits per heavy atom. The molecule has 2 aliphatic carbocycles. The van der Waals surface area contributed by atoms with E-state index in [9.17, 15) is 0 Å². The van der Waals surface area contributed by atoms with Gasteiger partial charge in [-0.2, -0.15) is 0 Å². The summed E-state index contributed by atoms with van der Waals surface area (Å²) in [6.07, 6.45) is 12.2. The Hall–Kier alpha value is -1.72. The lowest BCUT2D eigenvalue weighted by molar-refractivity contribution is -0.0373. The zero-order valence-electron chi connectivity index (χ0n) is 16.6. The summed E-state index contributed by atoms with van der Waals surface area (Å²) in [4.78, 5) is 5.83. The lowest BCUT2D eigenvalue weighted by Gasteiger charge is -2.22. The minimum absolute atomic E-state index is 0.319. The molecule has 5 heteroatoms. The van der Waals surface area contributed by atoms with Crippen molar-refractivity contribution in [2.45, 2.75) is 57.0 Å². The van der Waals surface area contributed by atoms with E-state index in [0.717, 1.165) is 49.0 Å². The number of hydrogen-bond acceptors (Lipinski definition) is 5. The molecule has 1 unspecified atom stereocenters. The number of ether oxygens (including phenoxy) is 3. The molecule has 4 aliphatic rings. The fourth-order valence-corrected chi connectivity index (χ4v) is 4.34. The molecule has 0 bridgehead atoms. The molecule has 0 radical (unpaired) electrons. The van der Waals surface area contributed by atoms with Gasteiger partial charge in [0.1, 0.15) is 5.60 Å². The van der Waals surface area contributed by atoms with Gasteiger partial charge in [0.2, 0.25) is 0 Å². The van der Waals surface area contributed by atoms with Gasteiger partial charge in [0.25, 0.3) is 0 Å². The molecule has 152 valence electrons. The minimum atomic E-state index is -0.319. The molecule has 1 saturated heterocycles. The molecule has 3 fully saturated rings. The predicted molar refractivity (Wildman–Crippen MR) is 107 cm³/mol. The van der Waals surface area contributed by atoms with E-state index >= 15 is 0 Å². The van der Waals surface area contributed by atoms with Gasteiger partial charge in [-0.1, -0.05) is 19.3 Å². The van der Waals surface area contributed by atoms with Gasteiger partial charge in [0.15, 0.2) is 11.5 Å². The first-order chi connectivity index (χ1) is 13.8. The first-order valence-corrected chi connectivity index (χ1v) is 10.9. The SMILES string of the molecule is C1=C(c2ccc(OCC3CCCCC3)c(OCC3CC3)c2)NOC12CCOC2. The van der Waals surface area contributed by atoms with Gasteiger partial charge in [0.05, 0.1) is 25.5 Å². The topological polar surface area (TPSA) is 49.0 Å². The number of rotatable bonds is 7. The molecule has 5 rings (SSSR count). The summed E-state index contributed by atoms with van der Waals surface area (Å²) < 4.78 is 17.9. The highest BCUT2D eigenvalue weighted by Crippen LogP contribution is 2.38. The van der Waals surface area contributed by atoms with Gasteiger partial charge in [-0.25, -0.2) is 0 Å². The average Bonchev–Trinajstić information content (AvgIpc) is 3.31. The fourth-order valence-electron chi connectivity index (χ4n) is 4.34. The Bertz CT molecular complexity index is 715. The summed E-state index contributed by atoms with van der Waals surface area (Å²) in [5, 5.41) is 0. The van der Waals surface area contributed by atoms with E-state index in [0.29, 0.717) is 18.4 Å². The van der Waals surface area contributed by atoms with Crippen LogP contribution in [0.3, 0.4) is 0 Å². The van der Waals surface area contributed by atoms with Crippen molar-refractivity contribution >= 4 is 5.70 Å². The van der Waals surface area contributed by atoms with Gasteiger partial charge in [-0.15, -0.1) is 0 Å². The van der Waals surface area contributed by atoms with E-state index in [1.807, 2.05) is 0 Å². The molecule has 2 heterocycles. The Morgan fingerprint density at radius 3 is 2.50 bits per heavy atom. The lowest BCUT2D eigenvalue weighted by Crippen LogP contribution is -2.29. The summed E-state index contributed by atoms with van der Waals surface area (Å²) in [6.45, 7) is 2.93. The van der Waals surface area contributed by atoms with Crippen LogP contribution >= 0.6 is 0 Å². The summed E-state index contributed by atoms with van der Waals surface area (Å²) in [7, 11) is 0. The first kappa shape index (κ1) is 18.3. The van der Waals surface area contributed by atoms with Crippen LogP contribution < -0.4 is 15.0 Å². The highest BCUT2D eigenvalue weighted by atomic mass is 16.7. The molecular weight excluding hydrogens is 354 g/mol. The molecule has 1 aromatic rings. The molecule has 5 nitrogen and oxygen atoms in total. The maximum absolute atomic E-state index is 6.22. The molecular formula is C23H31NO4. The first-order valence-electron chi connectivity index (χ1n) is 10.9. The van der Waals surface area contributed by atoms with Crippen molar-refractivity contribution in [1.82, 2.24) is 5.48 Å². The summed E-state index contributed by atoms with van der Waals surface area (Å²) in [5.41, 5.74) is 4.83. The van der Waals surface area contributed by atoms with Crippen molar-refractivity contribution in [3.63, 3.8) is 0 Å². The molecule has 28 heavy (non-hydrogen) atoms. The van der Waals surface area contributed by atoms with Crippen LogP contribution in [-0.4, -0.2) is 32.0 Å². The van der Waals surface area contributed by atoms with Gasteiger partial charge in [-0.3, -0.25) is 10.3 Å². The highest BCUT2D eigenvalue weighted by Gasteiger charge is 2.39. The smallest absolute Gasteiger partial charge is 0.161 e. The fraction of sp³-hybridized carbons (Fsp3) is 0.652. The average molecular weight is 386 g/mol. The van der Waals surface area contributed by atoms with Gasteiger partial charge in [0, 0.05) is 18.6 Å². The molecule has 0 aromatic heterocycles. The third-order valence-corrected chi connectivity index (χ3v) is 6.41. The molecule has 1 aromatic carbocycles. The maximum Gasteiger partial charge on any atom is 0.161 e. The Morgan fingerprint density at radius 1 is 0.964 bits per heavy atom. The number of nitrogens with one attached hydrogen (secondary N) is 1. The summed E-state index contributed by atoms with van der Waals surface area (Å²) in [5.74, 6) is 3.11. The van der Waals surface area contributed by atoms with Crippen LogP contribution in [0.1, 0.15) is 56.9 Å². The van der Waals surface area contributed by atoms with E-state index in [4.69, 9.17) is 19.0 Å². The van der Waals surface area contributed by atoms with Crippen LogP contribution in [0.5, 0.6) is 11.5 Å². The minimum Gasteiger partial charge on any atom is -0.489 e. The molecule has 0 amide bonds. The van der Waals surface area contributed by atoms with Crippen LogP contribution in [0.25, 0.3) is 5.70 Å². The molecule has 1 spiro atoms. The summed E-state index contributed by atoms with van der Waals surface area (Å²) in [6, 6.07) is 6.24. The highest BCUT2D eigenvalue weighted by molar-refractivity contribution is 5.68. The quantitative estimate of drug-likeness (QED) is 0.750. The predicted octanol–water partition coefficient (Wildman–Crippen LogP) is 4.47. The van der Waals surface area contributed by atoms with Crippen molar-refractivity contribution in [2.75, 3.05) is 26.4 Å². The third kappa shape index (κ3) is 4.15. The van der Waals surface area contributed by atoms with Gasteiger partial charge >= 0.3 is 0 Å². The Balaban J connectivity index is 1.31. The van der Waals surface area contributed by atoms with E-state index in [1.54, 1.807) is 0 Å². The van der Waals surface area contributed by atoms with Crippen molar-refractivity contribution in [1.29, 1.82) is 0 Å². The van der Waals surface area contributed by atoms with E-state index < -0.39 is 0 Å². The van der Waals surface area contributed by atoms with Crippen molar-refractivity contribution in [3.8, 4) is 11.5 Å². The normalized spacial score (nSPS) is 27.6. The number of benzene rings is 1. The van der Waals surface area contributed by atoms with Crippen molar-refractivity contribution < 1.29 is 19.0 Å². The summed E-state index contributed by atoms with van der Waals surface area (Å²) >= 11 is 0. The second-order valence-corrected chi connectivity index (χ2v) is 8.86. The maximum atomic E-state index is 6.22. The van der Waals surface area contributed by atoms with Gasteiger partial charge in [-0.05, 0) is 61.8 Å². The van der Waals surface area contributed by atoms with Crippen molar-refractivity contribution in [3.05, 3.63) is 29.8 Å². The third-order valence-electron chi connectivity index (χ3n) is 6.41. The van der Waals surface area contributed by atoms with E-state index in [1.165, 1.54) is 44.9 Å². The lowest BCUT2D eigenvalue weighted by atomic mass is 9.90. The van der Waals surface area contributed by atoms with E-state index in [2.05, 4.69) is 29.8 Å². The van der Waals surface area contributed by atoms with Crippen LogP contribution in [0.15, 0.2) is 24.3 Å². The van der Waals surface area contributed by atoms with Crippen LogP contribution in [0, 0.1) is 11.8 Å². The van der Waals surface area contributed by atoms with Crippen molar-refractivity contribution in [2.24, 2.45) is 11.8 Å². The molecule has 2 aliphatic heterocycles. The molecule has 2 saturated carbocycles. The monoisotopic (exact) mass is 385 g/mol. The van der Waals surface area contributed by atoms with Crippen LogP contribution in [0.4, 0.5) is 0 Å². The molecule has 1 N–H and O–H groups in total.